The lowest BCUT2D eigenvalue weighted by Gasteiger charge is -2.35. The average molecular weight is 337 g/mol. The Hall–Kier alpha value is -1.66. The molecule has 2 N–H and O–H groups in total. The fourth-order valence-corrected chi connectivity index (χ4v) is 3.15. The van der Waals surface area contributed by atoms with E-state index in [1.165, 1.54) is 12.1 Å². The number of urea groups is 1. The molecule has 24 heavy (non-hydrogen) atoms. The van der Waals surface area contributed by atoms with Crippen molar-refractivity contribution in [1.29, 1.82) is 0 Å². The number of aliphatic hydroxyl groups excluding tert-OH is 1. The van der Waals surface area contributed by atoms with E-state index in [0.717, 1.165) is 37.9 Å². The Morgan fingerprint density at radius 1 is 1.38 bits per heavy atom. The zero-order valence-electron chi connectivity index (χ0n) is 14.4. The molecule has 1 atom stereocenters. The van der Waals surface area contributed by atoms with Crippen LogP contribution in [0.2, 0.25) is 0 Å². The second kappa shape index (κ2) is 9.59. The number of carbonyl (C=O) groups is 1. The molecule has 0 saturated carbocycles. The Bertz CT molecular complexity index is 507. The smallest absolute Gasteiger partial charge is 0.317 e. The highest BCUT2D eigenvalue weighted by Crippen LogP contribution is 2.19. The molecule has 0 radical (unpaired) electrons. The van der Waals surface area contributed by atoms with Crippen molar-refractivity contribution in [1.82, 2.24) is 15.1 Å². The van der Waals surface area contributed by atoms with Crippen molar-refractivity contribution in [3.63, 3.8) is 0 Å². The van der Waals surface area contributed by atoms with Crippen molar-refractivity contribution >= 4 is 6.03 Å². The van der Waals surface area contributed by atoms with E-state index in [1.807, 2.05) is 11.9 Å². The van der Waals surface area contributed by atoms with Crippen molar-refractivity contribution in [2.75, 3.05) is 33.3 Å². The maximum Gasteiger partial charge on any atom is 0.317 e. The van der Waals surface area contributed by atoms with Crippen LogP contribution in [-0.4, -0.2) is 60.3 Å². The van der Waals surface area contributed by atoms with Gasteiger partial charge in [0, 0.05) is 38.8 Å². The molecule has 6 heteroatoms. The molecule has 2 rings (SSSR count). The maximum absolute atomic E-state index is 12.9. The van der Waals surface area contributed by atoms with Crippen molar-refractivity contribution in [2.24, 2.45) is 0 Å². The number of likely N-dealkylation sites (N-methyl/N-ethyl adjacent to an activating group) is 1. The third-order valence-corrected chi connectivity index (χ3v) is 4.49. The highest BCUT2D eigenvalue weighted by molar-refractivity contribution is 5.74. The summed E-state index contributed by atoms with van der Waals surface area (Å²) >= 11 is 0. The largest absolute Gasteiger partial charge is 0.396 e. The van der Waals surface area contributed by atoms with Crippen molar-refractivity contribution in [2.45, 2.75) is 38.3 Å². The number of piperidine rings is 1. The van der Waals surface area contributed by atoms with Gasteiger partial charge < -0.3 is 20.2 Å². The van der Waals surface area contributed by atoms with E-state index in [2.05, 4.69) is 10.2 Å². The van der Waals surface area contributed by atoms with Gasteiger partial charge in [-0.2, -0.15) is 0 Å². The monoisotopic (exact) mass is 337 g/mol. The maximum atomic E-state index is 12.9. The minimum atomic E-state index is -0.229. The van der Waals surface area contributed by atoms with Gasteiger partial charge in [0.2, 0.25) is 0 Å². The molecule has 0 aliphatic carbocycles. The molecular weight excluding hydrogens is 309 g/mol. The van der Waals surface area contributed by atoms with Gasteiger partial charge >= 0.3 is 6.03 Å². The van der Waals surface area contributed by atoms with Crippen LogP contribution >= 0.6 is 0 Å². The van der Waals surface area contributed by atoms with E-state index >= 15 is 0 Å². The zero-order valence-corrected chi connectivity index (χ0v) is 14.4. The van der Waals surface area contributed by atoms with Gasteiger partial charge in [-0.05, 0) is 50.4 Å². The first-order valence-corrected chi connectivity index (χ1v) is 8.68. The summed E-state index contributed by atoms with van der Waals surface area (Å²) in [7, 11) is 1.98. The molecule has 0 bridgehead atoms. The molecule has 1 aliphatic heterocycles. The van der Waals surface area contributed by atoms with Crippen LogP contribution in [-0.2, 0) is 6.54 Å². The summed E-state index contributed by atoms with van der Waals surface area (Å²) in [6, 6.07) is 6.59. The van der Waals surface area contributed by atoms with E-state index in [4.69, 9.17) is 5.11 Å². The summed E-state index contributed by atoms with van der Waals surface area (Å²) in [6.07, 6.45) is 3.77. The summed E-state index contributed by atoms with van der Waals surface area (Å²) in [5.41, 5.74) is 1.05. The molecule has 0 aromatic heterocycles. The second-order valence-electron chi connectivity index (χ2n) is 6.45. The van der Waals surface area contributed by atoms with Crippen LogP contribution in [0.3, 0.4) is 0 Å². The highest BCUT2D eigenvalue weighted by Gasteiger charge is 2.25. The van der Waals surface area contributed by atoms with Crippen LogP contribution in [0.15, 0.2) is 24.3 Å². The number of benzene rings is 1. The summed E-state index contributed by atoms with van der Waals surface area (Å²) in [5.74, 6) is -0.229. The molecule has 1 aromatic carbocycles. The molecule has 5 nitrogen and oxygen atoms in total. The van der Waals surface area contributed by atoms with Gasteiger partial charge in [0.1, 0.15) is 5.82 Å². The summed E-state index contributed by atoms with van der Waals surface area (Å²) < 4.78 is 12.9. The Morgan fingerprint density at radius 2 is 2.12 bits per heavy atom. The van der Waals surface area contributed by atoms with Gasteiger partial charge in [-0.3, -0.25) is 0 Å². The van der Waals surface area contributed by atoms with Gasteiger partial charge in [0.25, 0.3) is 0 Å². The van der Waals surface area contributed by atoms with Crippen LogP contribution in [0.4, 0.5) is 9.18 Å². The minimum absolute atomic E-state index is 0.0386. The van der Waals surface area contributed by atoms with Crippen LogP contribution in [0, 0.1) is 5.82 Å². The summed E-state index contributed by atoms with van der Waals surface area (Å²) in [5, 5.41) is 12.1. The van der Waals surface area contributed by atoms with E-state index < -0.39 is 0 Å². The molecule has 1 aliphatic rings. The number of halogens is 1. The fourth-order valence-electron chi connectivity index (χ4n) is 3.15. The highest BCUT2D eigenvalue weighted by atomic mass is 19.1. The third kappa shape index (κ3) is 5.76. The van der Waals surface area contributed by atoms with Crippen molar-refractivity contribution in [3.8, 4) is 0 Å². The quantitative estimate of drug-likeness (QED) is 0.802. The SMILES string of the molecule is CN(CCNC(=O)N1CCCCC1CCO)Cc1ccc(F)cc1. The van der Waals surface area contributed by atoms with Crippen LogP contribution < -0.4 is 5.32 Å². The minimum Gasteiger partial charge on any atom is -0.396 e. The lowest BCUT2D eigenvalue weighted by atomic mass is 10.0. The number of nitrogens with one attached hydrogen (secondary N) is 1. The topological polar surface area (TPSA) is 55.8 Å². The number of nitrogens with zero attached hydrogens (tertiary/aromatic N) is 2. The van der Waals surface area contributed by atoms with Crippen LogP contribution in [0.5, 0.6) is 0 Å². The molecule has 2 amide bonds. The second-order valence-corrected chi connectivity index (χ2v) is 6.45. The van der Waals surface area contributed by atoms with Gasteiger partial charge in [0.15, 0.2) is 0 Å². The zero-order chi connectivity index (χ0) is 17.4. The first kappa shape index (κ1) is 18.7. The standard InChI is InChI=1S/C18H28FN3O2/c1-21(14-15-5-7-16(19)8-6-15)12-10-20-18(24)22-11-3-2-4-17(22)9-13-23/h5-8,17,23H,2-4,9-14H2,1H3,(H,20,24). The molecule has 1 saturated heterocycles. The van der Waals surface area contributed by atoms with Gasteiger partial charge in [-0.15, -0.1) is 0 Å². The molecule has 1 unspecified atom stereocenters. The first-order chi connectivity index (χ1) is 11.6. The predicted octanol–water partition coefficient (Wildman–Crippen LogP) is 2.20. The lowest BCUT2D eigenvalue weighted by Crippen LogP contribution is -2.50. The number of amides is 2. The first-order valence-electron chi connectivity index (χ1n) is 8.68. The van der Waals surface area contributed by atoms with E-state index in [9.17, 15) is 9.18 Å². The Balaban J connectivity index is 1.72. The summed E-state index contributed by atoms with van der Waals surface area (Å²) in [4.78, 5) is 16.3. The van der Waals surface area contributed by atoms with Crippen LogP contribution in [0.25, 0.3) is 0 Å². The number of rotatable bonds is 7. The van der Waals surface area contributed by atoms with E-state index in [0.29, 0.717) is 19.5 Å². The fraction of sp³-hybridized carbons (Fsp3) is 0.611. The Kier molecular flexibility index (Phi) is 7.46. The van der Waals surface area contributed by atoms with E-state index in [-0.39, 0.29) is 24.5 Å². The molecule has 134 valence electrons. The van der Waals surface area contributed by atoms with Gasteiger partial charge in [0.05, 0.1) is 0 Å². The van der Waals surface area contributed by atoms with Gasteiger partial charge in [-0.1, -0.05) is 12.1 Å². The normalized spacial score (nSPS) is 18.0. The average Bonchev–Trinajstić information content (AvgIpc) is 2.57. The van der Waals surface area contributed by atoms with Crippen molar-refractivity contribution < 1.29 is 14.3 Å². The Labute approximate surface area is 143 Å². The number of hydrogen-bond acceptors (Lipinski definition) is 3. The number of aliphatic hydroxyl groups is 1. The third-order valence-electron chi connectivity index (χ3n) is 4.49. The summed E-state index contributed by atoms with van der Waals surface area (Å²) in [6.45, 7) is 2.89. The Morgan fingerprint density at radius 3 is 2.83 bits per heavy atom. The molecule has 1 fully saturated rings. The number of hydrogen-bond donors (Lipinski definition) is 2. The van der Waals surface area contributed by atoms with Crippen LogP contribution in [0.1, 0.15) is 31.2 Å². The predicted molar refractivity (Wildman–Crippen MR) is 92.2 cm³/mol. The molecule has 1 aromatic rings. The van der Waals surface area contributed by atoms with Crippen molar-refractivity contribution in [3.05, 3.63) is 35.6 Å². The molecular formula is C18H28FN3O2. The molecule has 1 heterocycles. The molecule has 0 spiro atoms. The van der Waals surface area contributed by atoms with Gasteiger partial charge in [-0.25, -0.2) is 9.18 Å². The lowest BCUT2D eigenvalue weighted by molar-refractivity contribution is 0.131. The number of likely N-dealkylation sites (tertiary alicyclic amines) is 1. The van der Waals surface area contributed by atoms with E-state index in [1.54, 1.807) is 12.1 Å². The number of carbonyl (C=O) groups excluding carboxylic acids is 1.